The van der Waals surface area contributed by atoms with Crippen molar-refractivity contribution in [2.75, 3.05) is 6.61 Å². The quantitative estimate of drug-likeness (QED) is 0.548. The smallest absolute Gasteiger partial charge is 0.313 e. The second-order valence-electron chi connectivity index (χ2n) is 4.20. The third kappa shape index (κ3) is 2.73. The number of aromatic nitrogens is 4. The predicted octanol–water partition coefficient (Wildman–Crippen LogP) is -0.348. The van der Waals surface area contributed by atoms with E-state index in [2.05, 4.69) is 14.8 Å². The zero-order valence-electron chi connectivity index (χ0n) is 11.2. The van der Waals surface area contributed by atoms with Crippen molar-refractivity contribution in [3.63, 3.8) is 0 Å². The van der Waals surface area contributed by atoms with Crippen LogP contribution in [-0.4, -0.2) is 37.7 Å². The first-order chi connectivity index (χ1) is 9.52. The summed E-state index contributed by atoms with van der Waals surface area (Å²) < 4.78 is 7.31. The Labute approximate surface area is 114 Å². The van der Waals surface area contributed by atoms with Gasteiger partial charge in [-0.2, -0.15) is 5.10 Å². The van der Waals surface area contributed by atoms with Crippen molar-refractivity contribution in [3.8, 4) is 0 Å². The van der Waals surface area contributed by atoms with Crippen LogP contribution in [0.25, 0.3) is 11.0 Å². The molecule has 0 aliphatic rings. The van der Waals surface area contributed by atoms with Crippen LogP contribution in [0.2, 0.25) is 0 Å². The largest absolute Gasteiger partial charge is 0.466 e. The number of rotatable bonds is 5. The number of hydrogen-bond donors (Lipinski definition) is 0. The summed E-state index contributed by atoms with van der Waals surface area (Å²) in [6, 6.07) is 0. The van der Waals surface area contributed by atoms with Crippen LogP contribution in [0.5, 0.6) is 0 Å². The highest BCUT2D eigenvalue weighted by atomic mass is 16.5. The molecule has 0 N–H and O–H groups in total. The average Bonchev–Trinajstić information content (AvgIpc) is 2.75. The van der Waals surface area contributed by atoms with E-state index in [9.17, 15) is 14.4 Å². The summed E-state index contributed by atoms with van der Waals surface area (Å²) in [5.41, 5.74) is 0.0874. The van der Waals surface area contributed by atoms with E-state index in [1.165, 1.54) is 17.2 Å². The van der Waals surface area contributed by atoms with Gasteiger partial charge in [-0.1, -0.05) is 0 Å². The van der Waals surface area contributed by atoms with E-state index in [-0.39, 0.29) is 25.1 Å². The van der Waals surface area contributed by atoms with Gasteiger partial charge in [0.15, 0.2) is 11.4 Å². The van der Waals surface area contributed by atoms with Crippen molar-refractivity contribution in [3.05, 3.63) is 22.9 Å². The van der Waals surface area contributed by atoms with Crippen molar-refractivity contribution in [1.29, 1.82) is 0 Å². The first kappa shape index (κ1) is 13.9. The van der Waals surface area contributed by atoms with Crippen LogP contribution in [0, 0.1) is 0 Å². The zero-order valence-corrected chi connectivity index (χ0v) is 11.2. The lowest BCUT2D eigenvalue weighted by atomic mass is 10.3. The Morgan fingerprint density at radius 1 is 1.40 bits per heavy atom. The van der Waals surface area contributed by atoms with E-state index >= 15 is 0 Å². The average molecular weight is 278 g/mol. The molecule has 2 heterocycles. The zero-order chi connectivity index (χ0) is 14.7. The van der Waals surface area contributed by atoms with Gasteiger partial charge in [-0.15, -0.1) is 0 Å². The maximum Gasteiger partial charge on any atom is 0.313 e. The van der Waals surface area contributed by atoms with Crippen LogP contribution >= 0.6 is 0 Å². The van der Waals surface area contributed by atoms with Crippen molar-refractivity contribution in [2.45, 2.75) is 19.9 Å². The van der Waals surface area contributed by atoms with Crippen LogP contribution in [0.4, 0.5) is 0 Å². The molecule has 106 valence electrons. The Kier molecular flexibility index (Phi) is 3.92. The van der Waals surface area contributed by atoms with Crippen molar-refractivity contribution in [2.24, 2.45) is 7.05 Å². The Hall–Kier alpha value is -2.51. The number of ketones is 1. The summed E-state index contributed by atoms with van der Waals surface area (Å²) in [6.07, 6.45) is 2.32. The number of Topliss-reactive ketones (excluding diaryl/α,β-unsaturated/α-hetero) is 1. The molecule has 0 aliphatic heterocycles. The van der Waals surface area contributed by atoms with Crippen LogP contribution < -0.4 is 5.56 Å². The maximum absolute atomic E-state index is 12.1. The van der Waals surface area contributed by atoms with E-state index in [0.717, 1.165) is 4.57 Å². The number of ether oxygens (including phenoxy) is 1. The Bertz CT molecular complexity index is 716. The normalized spacial score (nSPS) is 10.7. The number of carbonyl (C=O) groups excluding carboxylic acids is 2. The molecule has 0 saturated heterocycles. The van der Waals surface area contributed by atoms with E-state index in [1.54, 1.807) is 14.0 Å². The molecule has 0 unspecified atom stereocenters. The minimum absolute atomic E-state index is 0.213. The molecule has 2 aromatic heterocycles. The van der Waals surface area contributed by atoms with Crippen LogP contribution in [0.1, 0.15) is 13.3 Å². The van der Waals surface area contributed by atoms with Gasteiger partial charge in [0.1, 0.15) is 18.1 Å². The Morgan fingerprint density at radius 3 is 2.85 bits per heavy atom. The van der Waals surface area contributed by atoms with Gasteiger partial charge in [0.25, 0.3) is 5.56 Å². The molecule has 0 aromatic carbocycles. The number of aryl methyl sites for hydroxylation is 1. The molecule has 20 heavy (non-hydrogen) atoms. The lowest BCUT2D eigenvalue weighted by Gasteiger charge is -2.04. The molecule has 0 atom stereocenters. The SMILES string of the molecule is CCOC(=O)CC(=O)Cn1cnc2c(cnn2C)c1=O. The second kappa shape index (κ2) is 5.64. The topological polar surface area (TPSA) is 96.1 Å². The molecule has 0 bridgehead atoms. The maximum atomic E-state index is 12.1. The summed E-state index contributed by atoms with van der Waals surface area (Å²) in [7, 11) is 1.67. The molecular formula is C12H14N4O4. The fourth-order valence-corrected chi connectivity index (χ4v) is 1.80. The number of carbonyl (C=O) groups is 2. The van der Waals surface area contributed by atoms with Crippen LogP contribution in [0.15, 0.2) is 17.3 Å². The number of fused-ring (bicyclic) bond motifs is 1. The third-order valence-electron chi connectivity index (χ3n) is 2.71. The fraction of sp³-hybridized carbons (Fsp3) is 0.417. The van der Waals surface area contributed by atoms with Gasteiger partial charge in [0.05, 0.1) is 19.3 Å². The second-order valence-corrected chi connectivity index (χ2v) is 4.20. The minimum Gasteiger partial charge on any atom is -0.466 e. The van der Waals surface area contributed by atoms with Crippen molar-refractivity contribution < 1.29 is 14.3 Å². The first-order valence-electron chi connectivity index (χ1n) is 6.07. The first-order valence-corrected chi connectivity index (χ1v) is 6.07. The van der Waals surface area contributed by atoms with E-state index in [1.807, 2.05) is 0 Å². The molecule has 8 heteroatoms. The standard InChI is InChI=1S/C12H14N4O4/c1-3-20-10(18)4-8(17)6-16-7-13-11-9(12(16)19)5-14-15(11)2/h5,7H,3-4,6H2,1-2H3. The molecule has 0 saturated carbocycles. The van der Waals surface area contributed by atoms with Gasteiger partial charge in [-0.05, 0) is 6.92 Å². The fourth-order valence-electron chi connectivity index (χ4n) is 1.80. The van der Waals surface area contributed by atoms with Gasteiger partial charge >= 0.3 is 5.97 Å². The summed E-state index contributed by atoms with van der Waals surface area (Å²) in [5.74, 6) is -1.00. The predicted molar refractivity (Wildman–Crippen MR) is 69.0 cm³/mol. The highest BCUT2D eigenvalue weighted by Gasteiger charge is 2.14. The molecule has 0 spiro atoms. The highest BCUT2D eigenvalue weighted by molar-refractivity contribution is 5.95. The Balaban J connectivity index is 2.18. The van der Waals surface area contributed by atoms with Crippen molar-refractivity contribution >= 4 is 22.8 Å². The van der Waals surface area contributed by atoms with E-state index in [4.69, 9.17) is 0 Å². The molecular weight excluding hydrogens is 264 g/mol. The van der Waals surface area contributed by atoms with E-state index < -0.39 is 11.8 Å². The summed E-state index contributed by atoms with van der Waals surface area (Å²) >= 11 is 0. The van der Waals surface area contributed by atoms with Crippen LogP contribution in [-0.2, 0) is 27.9 Å². The van der Waals surface area contributed by atoms with Gasteiger partial charge in [0.2, 0.25) is 0 Å². The molecule has 2 rings (SSSR count). The molecule has 0 fully saturated rings. The van der Waals surface area contributed by atoms with Gasteiger partial charge < -0.3 is 4.74 Å². The number of nitrogens with zero attached hydrogens (tertiary/aromatic N) is 4. The van der Waals surface area contributed by atoms with E-state index in [0.29, 0.717) is 11.0 Å². The highest BCUT2D eigenvalue weighted by Crippen LogP contribution is 2.03. The third-order valence-corrected chi connectivity index (χ3v) is 2.71. The summed E-state index contributed by atoms with van der Waals surface area (Å²) in [4.78, 5) is 39.0. The number of hydrogen-bond acceptors (Lipinski definition) is 6. The Morgan fingerprint density at radius 2 is 2.15 bits per heavy atom. The summed E-state index contributed by atoms with van der Waals surface area (Å²) in [6.45, 7) is 1.66. The number of esters is 1. The van der Waals surface area contributed by atoms with Crippen molar-refractivity contribution in [1.82, 2.24) is 19.3 Å². The van der Waals surface area contributed by atoms with Crippen LogP contribution in [0.3, 0.4) is 0 Å². The monoisotopic (exact) mass is 278 g/mol. The molecule has 8 nitrogen and oxygen atoms in total. The summed E-state index contributed by atoms with van der Waals surface area (Å²) in [5, 5.41) is 4.26. The molecule has 0 aliphatic carbocycles. The lowest BCUT2D eigenvalue weighted by Crippen LogP contribution is -2.26. The van der Waals surface area contributed by atoms with Gasteiger partial charge in [0, 0.05) is 7.05 Å². The molecule has 0 amide bonds. The molecule has 2 aromatic rings. The minimum atomic E-state index is -0.596. The lowest BCUT2D eigenvalue weighted by molar-refractivity contribution is -0.145. The van der Waals surface area contributed by atoms with Gasteiger partial charge in [-0.3, -0.25) is 23.6 Å². The molecule has 0 radical (unpaired) electrons. The van der Waals surface area contributed by atoms with Gasteiger partial charge in [-0.25, -0.2) is 4.98 Å².